The van der Waals surface area contributed by atoms with Crippen molar-refractivity contribution in [2.75, 3.05) is 7.05 Å². The quantitative estimate of drug-likeness (QED) is 0.627. The highest BCUT2D eigenvalue weighted by atomic mass is 19.4. The summed E-state index contributed by atoms with van der Waals surface area (Å²) in [5.41, 5.74) is 0.907. The number of urea groups is 1. The molecule has 0 bridgehead atoms. The van der Waals surface area contributed by atoms with Crippen LogP contribution in [0, 0.1) is 0 Å². The van der Waals surface area contributed by atoms with Crippen molar-refractivity contribution in [2.24, 2.45) is 0 Å². The molecule has 0 aliphatic heterocycles. The molecule has 8 heteroatoms. The molecule has 3 atom stereocenters. The van der Waals surface area contributed by atoms with E-state index in [2.05, 4.69) is 16.0 Å². The Bertz CT molecular complexity index is 885. The van der Waals surface area contributed by atoms with Crippen molar-refractivity contribution in [1.82, 2.24) is 16.0 Å². The lowest BCUT2D eigenvalue weighted by Gasteiger charge is -2.24. The van der Waals surface area contributed by atoms with Crippen molar-refractivity contribution in [2.45, 2.75) is 49.9 Å². The number of benzene rings is 2. The van der Waals surface area contributed by atoms with Crippen molar-refractivity contribution in [3.8, 4) is 0 Å². The third-order valence-electron chi connectivity index (χ3n) is 5.67. The van der Waals surface area contributed by atoms with Gasteiger partial charge in [-0.3, -0.25) is 4.79 Å². The largest absolute Gasteiger partial charge is 0.416 e. The molecule has 1 aliphatic rings. The Kier molecular flexibility index (Phi) is 7.20. The third-order valence-corrected chi connectivity index (χ3v) is 5.67. The van der Waals surface area contributed by atoms with E-state index in [-0.39, 0.29) is 24.3 Å². The van der Waals surface area contributed by atoms with E-state index < -0.39 is 23.8 Å². The Morgan fingerprint density at radius 2 is 1.71 bits per heavy atom. The predicted octanol–water partition coefficient (Wildman–Crippen LogP) is 4.52. The molecule has 0 aromatic heterocycles. The van der Waals surface area contributed by atoms with Crippen LogP contribution in [0.25, 0.3) is 0 Å². The van der Waals surface area contributed by atoms with Gasteiger partial charge in [-0.15, -0.1) is 0 Å². The van der Waals surface area contributed by atoms with Crippen LogP contribution in [-0.2, 0) is 11.0 Å². The number of hydrogen-bond donors (Lipinski definition) is 3. The van der Waals surface area contributed by atoms with Crippen molar-refractivity contribution >= 4 is 11.9 Å². The van der Waals surface area contributed by atoms with Gasteiger partial charge in [0.05, 0.1) is 18.0 Å². The number of halogens is 3. The summed E-state index contributed by atoms with van der Waals surface area (Å²) in [6.07, 6.45) is -1.87. The molecular weight excluding hydrogens is 407 g/mol. The van der Waals surface area contributed by atoms with E-state index in [1.165, 1.54) is 19.2 Å². The fourth-order valence-corrected chi connectivity index (χ4v) is 4.04. The molecule has 2 aromatic carbocycles. The summed E-state index contributed by atoms with van der Waals surface area (Å²) < 4.78 is 38.5. The molecule has 1 fully saturated rings. The second-order valence-electron chi connectivity index (χ2n) is 7.72. The Labute approximate surface area is 179 Å². The van der Waals surface area contributed by atoms with Gasteiger partial charge in [-0.2, -0.15) is 13.2 Å². The lowest BCUT2D eigenvalue weighted by Crippen LogP contribution is -2.45. The molecule has 0 radical (unpaired) electrons. The minimum atomic E-state index is -4.37. The van der Waals surface area contributed by atoms with E-state index in [0.29, 0.717) is 0 Å². The number of rotatable bonds is 6. The lowest BCUT2D eigenvalue weighted by molar-refractivity contribution is -0.137. The maximum atomic E-state index is 12.8. The fraction of sp³-hybridized carbons (Fsp3) is 0.391. The standard InChI is InChI=1S/C23H26F3N3O2/c1-27-21(30)14-20(16-6-3-2-4-7-16)29-22(31)28-19-9-5-8-18(19)15-10-12-17(13-11-15)23(24,25)26/h2-4,6-7,10-13,18-20H,5,8-9,14H2,1H3,(H,27,30)(H2,28,29,31)/t18-,19+,20?/m0/s1. The summed E-state index contributed by atoms with van der Waals surface area (Å²) in [6, 6.07) is 13.3. The van der Waals surface area contributed by atoms with E-state index in [4.69, 9.17) is 0 Å². The van der Waals surface area contributed by atoms with Crippen molar-refractivity contribution in [3.63, 3.8) is 0 Å². The van der Waals surface area contributed by atoms with Crippen molar-refractivity contribution in [1.29, 1.82) is 0 Å². The number of alkyl halides is 3. The van der Waals surface area contributed by atoms with Crippen LogP contribution in [0.2, 0.25) is 0 Å². The molecule has 5 nitrogen and oxygen atoms in total. The van der Waals surface area contributed by atoms with Gasteiger partial charge in [0, 0.05) is 19.0 Å². The second kappa shape index (κ2) is 9.85. The highest BCUT2D eigenvalue weighted by Gasteiger charge is 2.33. The summed E-state index contributed by atoms with van der Waals surface area (Å²) in [7, 11) is 1.54. The van der Waals surface area contributed by atoms with Gasteiger partial charge in [0.1, 0.15) is 0 Å². The van der Waals surface area contributed by atoms with Gasteiger partial charge in [-0.25, -0.2) is 4.79 Å². The first kappa shape index (κ1) is 22.7. The number of nitrogens with one attached hydrogen (secondary N) is 3. The molecule has 3 amide bonds. The van der Waals surface area contributed by atoms with Crippen LogP contribution in [0.5, 0.6) is 0 Å². The highest BCUT2D eigenvalue weighted by molar-refractivity contribution is 5.79. The van der Waals surface area contributed by atoms with Gasteiger partial charge in [0.15, 0.2) is 0 Å². The first-order chi connectivity index (χ1) is 14.8. The predicted molar refractivity (Wildman–Crippen MR) is 111 cm³/mol. The van der Waals surface area contributed by atoms with E-state index in [9.17, 15) is 22.8 Å². The minimum absolute atomic E-state index is 0.0536. The van der Waals surface area contributed by atoms with Gasteiger partial charge in [-0.1, -0.05) is 48.9 Å². The van der Waals surface area contributed by atoms with Gasteiger partial charge in [-0.05, 0) is 36.1 Å². The summed E-state index contributed by atoms with van der Waals surface area (Å²) >= 11 is 0. The molecule has 0 saturated heterocycles. The van der Waals surface area contributed by atoms with E-state index in [1.54, 1.807) is 0 Å². The van der Waals surface area contributed by atoms with Crippen LogP contribution in [0.3, 0.4) is 0 Å². The molecule has 2 aromatic rings. The van der Waals surface area contributed by atoms with Crippen LogP contribution < -0.4 is 16.0 Å². The molecule has 31 heavy (non-hydrogen) atoms. The summed E-state index contributed by atoms with van der Waals surface area (Å²) in [4.78, 5) is 24.6. The zero-order valence-electron chi connectivity index (χ0n) is 17.2. The molecule has 166 valence electrons. The highest BCUT2D eigenvalue weighted by Crippen LogP contribution is 2.36. The maximum absolute atomic E-state index is 12.8. The van der Waals surface area contributed by atoms with E-state index >= 15 is 0 Å². The van der Waals surface area contributed by atoms with Crippen molar-refractivity contribution < 1.29 is 22.8 Å². The molecule has 1 aliphatic carbocycles. The molecule has 1 saturated carbocycles. The minimum Gasteiger partial charge on any atom is -0.359 e. The number of carbonyl (C=O) groups excluding carboxylic acids is 2. The van der Waals surface area contributed by atoms with E-state index in [0.717, 1.165) is 42.5 Å². The Balaban J connectivity index is 1.67. The average Bonchev–Trinajstić information content (AvgIpc) is 3.21. The van der Waals surface area contributed by atoms with E-state index in [1.807, 2.05) is 30.3 Å². The van der Waals surface area contributed by atoms with Gasteiger partial charge in [0.2, 0.25) is 5.91 Å². The Morgan fingerprint density at radius 3 is 2.32 bits per heavy atom. The molecular formula is C23H26F3N3O2. The van der Waals surface area contributed by atoms with Crippen LogP contribution in [0.4, 0.5) is 18.0 Å². The number of hydrogen-bond acceptors (Lipinski definition) is 2. The van der Waals surface area contributed by atoms with Gasteiger partial charge in [0.25, 0.3) is 0 Å². The van der Waals surface area contributed by atoms with Crippen LogP contribution in [0.15, 0.2) is 54.6 Å². The Hall–Kier alpha value is -3.03. The molecule has 0 spiro atoms. The molecule has 3 rings (SSSR count). The summed E-state index contributed by atoms with van der Waals surface area (Å²) in [6.45, 7) is 0. The van der Waals surface area contributed by atoms with Crippen LogP contribution in [0.1, 0.15) is 54.3 Å². The SMILES string of the molecule is CNC(=O)CC(NC(=O)N[C@@H]1CCC[C@H]1c1ccc(C(F)(F)F)cc1)c1ccccc1. The zero-order chi connectivity index (χ0) is 22.4. The molecule has 0 heterocycles. The lowest BCUT2D eigenvalue weighted by atomic mass is 9.93. The average molecular weight is 433 g/mol. The van der Waals surface area contributed by atoms with Crippen LogP contribution >= 0.6 is 0 Å². The summed E-state index contributed by atoms with van der Waals surface area (Å²) in [5, 5.41) is 8.39. The zero-order valence-corrected chi connectivity index (χ0v) is 17.2. The first-order valence-electron chi connectivity index (χ1n) is 10.3. The summed E-state index contributed by atoms with van der Waals surface area (Å²) in [5.74, 6) is -0.250. The number of amides is 3. The number of carbonyl (C=O) groups is 2. The van der Waals surface area contributed by atoms with Crippen molar-refractivity contribution in [3.05, 3.63) is 71.3 Å². The smallest absolute Gasteiger partial charge is 0.359 e. The fourth-order valence-electron chi connectivity index (χ4n) is 4.04. The van der Waals surface area contributed by atoms with Gasteiger partial charge >= 0.3 is 12.2 Å². The normalized spacial score (nSPS) is 19.5. The third kappa shape index (κ3) is 5.99. The monoisotopic (exact) mass is 433 g/mol. The van der Waals surface area contributed by atoms with Gasteiger partial charge < -0.3 is 16.0 Å². The topological polar surface area (TPSA) is 70.2 Å². The second-order valence-corrected chi connectivity index (χ2v) is 7.72. The maximum Gasteiger partial charge on any atom is 0.416 e. The van der Waals surface area contributed by atoms with Crippen LogP contribution in [-0.4, -0.2) is 25.0 Å². The molecule has 1 unspecified atom stereocenters. The first-order valence-corrected chi connectivity index (χ1v) is 10.3. The Morgan fingerprint density at radius 1 is 1.03 bits per heavy atom. The molecule has 3 N–H and O–H groups in total.